The van der Waals surface area contributed by atoms with Crippen molar-refractivity contribution in [1.29, 1.82) is 0 Å². The van der Waals surface area contributed by atoms with Crippen LogP contribution < -0.4 is 10.7 Å². The highest BCUT2D eigenvalue weighted by Crippen LogP contribution is 2.07. The van der Waals surface area contributed by atoms with E-state index in [1.54, 1.807) is 6.08 Å². The van der Waals surface area contributed by atoms with Crippen LogP contribution in [0.25, 0.3) is 0 Å². The topological polar surface area (TPSA) is 36.4 Å². The lowest BCUT2D eigenvalue weighted by Crippen LogP contribution is -2.32. The fourth-order valence-corrected chi connectivity index (χ4v) is 1.58. The van der Waals surface area contributed by atoms with Crippen molar-refractivity contribution in [2.24, 2.45) is 5.10 Å². The Hall–Kier alpha value is -0.950. The van der Waals surface area contributed by atoms with Crippen LogP contribution in [-0.2, 0) is 0 Å². The van der Waals surface area contributed by atoms with E-state index < -0.39 is 0 Å². The molecule has 5 heteroatoms. The number of benzene rings is 1. The van der Waals surface area contributed by atoms with Crippen molar-refractivity contribution >= 4 is 45.6 Å². The summed E-state index contributed by atoms with van der Waals surface area (Å²) in [5.41, 5.74) is 4.76. The fourth-order valence-electron chi connectivity index (χ4n) is 1.09. The van der Waals surface area contributed by atoms with Gasteiger partial charge >= 0.3 is 0 Å². The SMILES string of the molecule is C=CCNC(=S)N/N=C(/C)c1ccc(I)cc1. The van der Waals surface area contributed by atoms with E-state index in [2.05, 4.69) is 45.0 Å². The zero-order chi connectivity index (χ0) is 12.7. The molecule has 0 radical (unpaired) electrons. The van der Waals surface area contributed by atoms with Crippen LogP contribution in [0, 0.1) is 3.57 Å². The number of nitrogens with one attached hydrogen (secondary N) is 2. The zero-order valence-corrected chi connectivity index (χ0v) is 12.5. The minimum Gasteiger partial charge on any atom is -0.358 e. The van der Waals surface area contributed by atoms with Gasteiger partial charge in [0.25, 0.3) is 0 Å². The van der Waals surface area contributed by atoms with Crippen molar-refractivity contribution in [3.05, 3.63) is 46.1 Å². The Balaban J connectivity index is 2.57. The van der Waals surface area contributed by atoms with Gasteiger partial charge in [-0.15, -0.1) is 6.58 Å². The molecular weight excluding hydrogens is 345 g/mol. The molecule has 17 heavy (non-hydrogen) atoms. The fraction of sp³-hybridized carbons (Fsp3) is 0.167. The molecule has 0 aliphatic heterocycles. The maximum atomic E-state index is 5.03. The van der Waals surface area contributed by atoms with E-state index >= 15 is 0 Å². The van der Waals surface area contributed by atoms with Crippen LogP contribution >= 0.6 is 34.8 Å². The maximum Gasteiger partial charge on any atom is 0.187 e. The van der Waals surface area contributed by atoms with Gasteiger partial charge in [-0.1, -0.05) is 18.2 Å². The second-order valence-corrected chi connectivity index (χ2v) is 4.97. The van der Waals surface area contributed by atoms with E-state index in [1.165, 1.54) is 3.57 Å². The van der Waals surface area contributed by atoms with Gasteiger partial charge in [0.2, 0.25) is 0 Å². The molecule has 0 heterocycles. The summed E-state index contributed by atoms with van der Waals surface area (Å²) in [5.74, 6) is 0. The minimum atomic E-state index is 0.495. The first-order valence-electron chi connectivity index (χ1n) is 5.08. The van der Waals surface area contributed by atoms with Crippen LogP contribution in [-0.4, -0.2) is 17.4 Å². The molecule has 90 valence electrons. The molecule has 0 saturated heterocycles. The van der Waals surface area contributed by atoms with E-state index in [9.17, 15) is 0 Å². The van der Waals surface area contributed by atoms with Crippen LogP contribution in [0.4, 0.5) is 0 Å². The normalized spacial score (nSPS) is 10.8. The molecule has 0 amide bonds. The first-order chi connectivity index (χ1) is 8.13. The summed E-state index contributed by atoms with van der Waals surface area (Å²) in [4.78, 5) is 0. The van der Waals surface area contributed by atoms with Crippen molar-refractivity contribution in [3.63, 3.8) is 0 Å². The predicted molar refractivity (Wildman–Crippen MR) is 85.3 cm³/mol. The molecule has 1 rings (SSSR count). The standard InChI is InChI=1S/C12H14IN3S/c1-3-8-14-12(17)16-15-9(2)10-4-6-11(13)7-5-10/h3-7H,1,8H2,2H3,(H2,14,16,17)/b15-9-. The lowest BCUT2D eigenvalue weighted by atomic mass is 10.1. The molecular formula is C12H14IN3S. The second-order valence-electron chi connectivity index (χ2n) is 3.31. The Kier molecular flexibility index (Phi) is 6.13. The summed E-state index contributed by atoms with van der Waals surface area (Å²) >= 11 is 7.30. The van der Waals surface area contributed by atoms with Crippen LogP contribution in [0.1, 0.15) is 12.5 Å². The molecule has 0 bridgehead atoms. The summed E-state index contributed by atoms with van der Waals surface area (Å²) < 4.78 is 1.20. The Bertz CT molecular complexity index is 426. The number of thiocarbonyl (C=S) groups is 1. The van der Waals surface area contributed by atoms with E-state index in [0.717, 1.165) is 11.3 Å². The van der Waals surface area contributed by atoms with Crippen molar-refractivity contribution in [2.45, 2.75) is 6.92 Å². The first kappa shape index (κ1) is 14.1. The van der Waals surface area contributed by atoms with Gasteiger partial charge in [-0.2, -0.15) is 5.10 Å². The maximum absolute atomic E-state index is 5.03. The predicted octanol–water partition coefficient (Wildman–Crippen LogP) is 2.67. The Labute approximate surface area is 121 Å². The molecule has 0 aromatic heterocycles. The zero-order valence-electron chi connectivity index (χ0n) is 9.53. The molecule has 0 saturated carbocycles. The van der Waals surface area contributed by atoms with Crippen LogP contribution in [0.3, 0.4) is 0 Å². The number of halogens is 1. The Morgan fingerprint density at radius 3 is 2.71 bits per heavy atom. The van der Waals surface area contributed by atoms with Crippen molar-refractivity contribution in [3.8, 4) is 0 Å². The average Bonchev–Trinajstić information content (AvgIpc) is 2.34. The number of nitrogens with zero attached hydrogens (tertiary/aromatic N) is 1. The van der Waals surface area contributed by atoms with Gasteiger partial charge in [0.05, 0.1) is 5.71 Å². The Morgan fingerprint density at radius 1 is 1.47 bits per heavy atom. The average molecular weight is 359 g/mol. The van der Waals surface area contributed by atoms with E-state index in [1.807, 2.05) is 31.2 Å². The lowest BCUT2D eigenvalue weighted by Gasteiger charge is -2.06. The van der Waals surface area contributed by atoms with E-state index in [4.69, 9.17) is 12.2 Å². The van der Waals surface area contributed by atoms with Gasteiger partial charge in [0, 0.05) is 10.1 Å². The summed E-state index contributed by atoms with van der Waals surface area (Å²) in [6, 6.07) is 8.15. The quantitative estimate of drug-likeness (QED) is 0.285. The van der Waals surface area contributed by atoms with Gasteiger partial charge in [0.15, 0.2) is 5.11 Å². The van der Waals surface area contributed by atoms with Gasteiger partial charge in [-0.05, 0) is 59.4 Å². The summed E-state index contributed by atoms with van der Waals surface area (Å²) in [6.07, 6.45) is 1.74. The smallest absolute Gasteiger partial charge is 0.187 e. The third-order valence-electron chi connectivity index (χ3n) is 1.99. The van der Waals surface area contributed by atoms with E-state index in [0.29, 0.717) is 11.7 Å². The molecule has 0 unspecified atom stereocenters. The van der Waals surface area contributed by atoms with Crippen molar-refractivity contribution < 1.29 is 0 Å². The third kappa shape index (κ3) is 5.27. The van der Waals surface area contributed by atoms with Gasteiger partial charge in [-0.25, -0.2) is 0 Å². The molecule has 2 N–H and O–H groups in total. The Morgan fingerprint density at radius 2 is 2.12 bits per heavy atom. The van der Waals surface area contributed by atoms with Crippen molar-refractivity contribution in [1.82, 2.24) is 10.7 Å². The highest BCUT2D eigenvalue weighted by molar-refractivity contribution is 14.1. The van der Waals surface area contributed by atoms with Crippen LogP contribution in [0.2, 0.25) is 0 Å². The summed E-state index contributed by atoms with van der Waals surface area (Å²) in [7, 11) is 0. The van der Waals surface area contributed by atoms with Gasteiger partial charge in [0.1, 0.15) is 0 Å². The monoisotopic (exact) mass is 359 g/mol. The van der Waals surface area contributed by atoms with Crippen molar-refractivity contribution in [2.75, 3.05) is 6.54 Å². The number of rotatable bonds is 4. The molecule has 3 nitrogen and oxygen atoms in total. The third-order valence-corrected chi connectivity index (χ3v) is 2.95. The summed E-state index contributed by atoms with van der Waals surface area (Å²) in [6.45, 7) is 6.16. The largest absolute Gasteiger partial charge is 0.358 e. The second kappa shape index (κ2) is 7.39. The molecule has 0 atom stereocenters. The number of hydrogen-bond donors (Lipinski definition) is 2. The highest BCUT2D eigenvalue weighted by atomic mass is 127. The molecule has 0 fully saturated rings. The molecule has 1 aromatic rings. The van der Waals surface area contributed by atoms with Gasteiger partial charge in [-0.3, -0.25) is 5.43 Å². The minimum absolute atomic E-state index is 0.495. The summed E-state index contributed by atoms with van der Waals surface area (Å²) in [5, 5.41) is 7.64. The molecule has 0 aliphatic rings. The molecule has 0 aliphatic carbocycles. The number of hydrazone groups is 1. The van der Waals surface area contributed by atoms with Crippen LogP contribution in [0.15, 0.2) is 42.0 Å². The van der Waals surface area contributed by atoms with E-state index in [-0.39, 0.29) is 0 Å². The molecule has 0 spiro atoms. The number of hydrogen-bond acceptors (Lipinski definition) is 2. The molecule has 1 aromatic carbocycles. The van der Waals surface area contributed by atoms with Gasteiger partial charge < -0.3 is 5.32 Å². The van der Waals surface area contributed by atoms with Crippen LogP contribution in [0.5, 0.6) is 0 Å². The highest BCUT2D eigenvalue weighted by Gasteiger charge is 1.97. The lowest BCUT2D eigenvalue weighted by molar-refractivity contribution is 0.936. The first-order valence-corrected chi connectivity index (χ1v) is 6.57.